The van der Waals surface area contributed by atoms with Crippen LogP contribution in [-0.4, -0.2) is 27.1 Å². The Hall–Kier alpha value is -3.48. The average Bonchev–Trinajstić information content (AvgIpc) is 3.36. The number of halogens is 1. The lowest BCUT2D eigenvalue weighted by molar-refractivity contribution is -0.139. The predicted molar refractivity (Wildman–Crippen MR) is 147 cm³/mol. The molecule has 0 bridgehead atoms. The van der Waals surface area contributed by atoms with Crippen LogP contribution in [0, 0.1) is 6.92 Å². The fourth-order valence-corrected chi connectivity index (χ4v) is 6.46. The second-order valence-corrected chi connectivity index (χ2v) is 11.1. The van der Waals surface area contributed by atoms with Gasteiger partial charge in [-0.3, -0.25) is 14.2 Å². The van der Waals surface area contributed by atoms with Gasteiger partial charge in [0.05, 0.1) is 32.9 Å². The first kappa shape index (κ1) is 26.1. The van der Waals surface area contributed by atoms with Gasteiger partial charge in [0.2, 0.25) is 0 Å². The molecule has 1 N–H and O–H groups in total. The van der Waals surface area contributed by atoms with E-state index in [9.17, 15) is 14.4 Å². The van der Waals surface area contributed by atoms with Crippen molar-refractivity contribution in [2.45, 2.75) is 37.1 Å². The van der Waals surface area contributed by atoms with Crippen molar-refractivity contribution < 1.29 is 13.9 Å². The van der Waals surface area contributed by atoms with Gasteiger partial charge in [-0.15, -0.1) is 0 Å². The maximum Gasteiger partial charge on any atom is 0.338 e. The number of carbonyl (C=O) groups is 1. The van der Waals surface area contributed by atoms with Crippen LogP contribution >= 0.6 is 39.0 Å². The number of hydrogen-bond acceptors (Lipinski definition) is 9. The Bertz CT molecular complexity index is 1820. The molecule has 0 amide bonds. The van der Waals surface area contributed by atoms with Crippen molar-refractivity contribution in [3.8, 4) is 0 Å². The summed E-state index contributed by atoms with van der Waals surface area (Å²) in [6.45, 7) is 5.43. The van der Waals surface area contributed by atoms with Gasteiger partial charge in [0.25, 0.3) is 11.1 Å². The third kappa shape index (κ3) is 5.11. The number of aryl methyl sites for hydroxylation is 1. The maximum atomic E-state index is 13.7. The molecule has 1 atom stereocenters. The van der Waals surface area contributed by atoms with E-state index < -0.39 is 12.0 Å². The maximum absolute atomic E-state index is 13.7. The van der Waals surface area contributed by atoms with E-state index in [0.29, 0.717) is 46.8 Å². The Kier molecular flexibility index (Phi) is 7.37. The van der Waals surface area contributed by atoms with Gasteiger partial charge in [-0.25, -0.2) is 14.8 Å². The topological polar surface area (TPSA) is 120 Å². The Morgan fingerprint density at radius 2 is 2.03 bits per heavy atom. The van der Waals surface area contributed by atoms with Gasteiger partial charge in [0.1, 0.15) is 5.76 Å². The van der Waals surface area contributed by atoms with Gasteiger partial charge in [-0.05, 0) is 60.1 Å². The van der Waals surface area contributed by atoms with Gasteiger partial charge in [0.15, 0.2) is 15.1 Å². The van der Waals surface area contributed by atoms with Gasteiger partial charge < -0.3 is 14.1 Å². The molecule has 0 saturated carbocycles. The highest BCUT2D eigenvalue weighted by Crippen LogP contribution is 2.34. The summed E-state index contributed by atoms with van der Waals surface area (Å²) in [5.74, 6) is -0.0754. The molecule has 194 valence electrons. The molecule has 4 aromatic rings. The Labute approximate surface area is 232 Å². The Balaban J connectivity index is 1.59. The number of aromatic amines is 1. The number of carbonyl (C=O) groups excluding carboxylic acids is 1. The van der Waals surface area contributed by atoms with Crippen molar-refractivity contribution in [1.29, 1.82) is 0 Å². The number of aromatic nitrogens is 3. The molecule has 1 aliphatic heterocycles. The fourth-order valence-electron chi connectivity index (χ4n) is 4.07. The van der Waals surface area contributed by atoms with Crippen molar-refractivity contribution in [3.63, 3.8) is 0 Å². The summed E-state index contributed by atoms with van der Waals surface area (Å²) in [4.78, 5) is 50.4. The van der Waals surface area contributed by atoms with Gasteiger partial charge in [-0.1, -0.05) is 41.7 Å². The van der Waals surface area contributed by atoms with E-state index in [-0.39, 0.29) is 17.7 Å². The van der Waals surface area contributed by atoms with E-state index in [1.54, 1.807) is 32.9 Å². The summed E-state index contributed by atoms with van der Waals surface area (Å²) in [5.41, 5.74) is 1.64. The number of hydrogen-bond donors (Lipinski definition) is 1. The zero-order chi connectivity index (χ0) is 27.0. The number of allylic oxidation sites excluding steroid dienone is 1. The van der Waals surface area contributed by atoms with Crippen LogP contribution < -0.4 is 20.5 Å². The van der Waals surface area contributed by atoms with Crippen LogP contribution in [0.1, 0.15) is 36.9 Å². The van der Waals surface area contributed by atoms with Gasteiger partial charge in [0, 0.05) is 17.8 Å². The Morgan fingerprint density at radius 1 is 1.26 bits per heavy atom. The number of fused-ring (bicyclic) bond motifs is 1. The number of nitrogens with one attached hydrogen (secondary N) is 1. The summed E-state index contributed by atoms with van der Waals surface area (Å²) in [5, 5.41) is 0.862. The molecule has 9 nitrogen and oxygen atoms in total. The number of furan rings is 1. The number of ether oxygens (including phenoxy) is 1. The first-order valence-electron chi connectivity index (χ1n) is 11.5. The van der Waals surface area contributed by atoms with Crippen molar-refractivity contribution >= 4 is 51.1 Å². The van der Waals surface area contributed by atoms with Crippen molar-refractivity contribution in [2.24, 2.45) is 4.99 Å². The summed E-state index contributed by atoms with van der Waals surface area (Å²) >= 11 is 5.84. The highest BCUT2D eigenvalue weighted by molar-refractivity contribution is 9.10. The van der Waals surface area contributed by atoms with Crippen LogP contribution in [0.25, 0.3) is 6.08 Å². The van der Waals surface area contributed by atoms with Gasteiger partial charge >= 0.3 is 5.97 Å². The van der Waals surface area contributed by atoms with Crippen LogP contribution in [0.4, 0.5) is 0 Å². The first-order chi connectivity index (χ1) is 18.2. The third-order valence-electron chi connectivity index (χ3n) is 5.62. The second-order valence-electron chi connectivity index (χ2n) is 8.29. The molecule has 5 rings (SSSR count). The minimum Gasteiger partial charge on any atom is -0.463 e. The van der Waals surface area contributed by atoms with Crippen molar-refractivity contribution in [3.05, 3.63) is 105 Å². The van der Waals surface area contributed by atoms with Crippen molar-refractivity contribution in [1.82, 2.24) is 14.5 Å². The molecule has 0 unspecified atom stereocenters. The minimum absolute atomic E-state index is 0.210. The minimum atomic E-state index is -0.674. The van der Waals surface area contributed by atoms with E-state index in [0.717, 1.165) is 17.3 Å². The SMILES string of the molecule is CCOC(=O)C1=C(C)N=c2s/c(=C/c3cc(Br)c(Sc4nc(C)cc(=O)[nH]4)o3)c(=O)n2[C@@H]1c1ccccc1. The molecule has 3 aromatic heterocycles. The number of benzene rings is 1. The monoisotopic (exact) mass is 612 g/mol. The van der Waals surface area contributed by atoms with Crippen molar-refractivity contribution in [2.75, 3.05) is 6.61 Å². The molecule has 4 heterocycles. The highest BCUT2D eigenvalue weighted by Gasteiger charge is 2.33. The van der Waals surface area contributed by atoms with Gasteiger partial charge in [-0.2, -0.15) is 0 Å². The van der Waals surface area contributed by atoms with Crippen LogP contribution in [0.5, 0.6) is 0 Å². The molecule has 38 heavy (non-hydrogen) atoms. The van der Waals surface area contributed by atoms with E-state index in [2.05, 4.69) is 30.9 Å². The van der Waals surface area contributed by atoms with E-state index in [1.807, 2.05) is 30.3 Å². The molecule has 12 heteroatoms. The lowest BCUT2D eigenvalue weighted by Gasteiger charge is -2.24. The van der Waals surface area contributed by atoms with Crippen LogP contribution in [0.3, 0.4) is 0 Å². The molecule has 0 saturated heterocycles. The number of thiazole rings is 1. The number of rotatable bonds is 6. The zero-order valence-corrected chi connectivity index (χ0v) is 23.7. The number of nitrogens with zero attached hydrogens (tertiary/aromatic N) is 3. The molecule has 0 radical (unpaired) electrons. The lowest BCUT2D eigenvalue weighted by Crippen LogP contribution is -2.39. The van der Waals surface area contributed by atoms with E-state index in [1.165, 1.54) is 22.0 Å². The van der Waals surface area contributed by atoms with Crippen LogP contribution in [0.15, 0.2) is 87.5 Å². The summed E-state index contributed by atoms with van der Waals surface area (Å²) < 4.78 is 13.8. The molecule has 1 aromatic carbocycles. The molecular formula is C26H21BrN4O5S2. The van der Waals surface area contributed by atoms with E-state index >= 15 is 0 Å². The molecule has 1 aliphatic rings. The molecule has 0 fully saturated rings. The smallest absolute Gasteiger partial charge is 0.338 e. The second kappa shape index (κ2) is 10.7. The summed E-state index contributed by atoms with van der Waals surface area (Å²) in [6, 6.07) is 11.8. The largest absolute Gasteiger partial charge is 0.463 e. The Morgan fingerprint density at radius 3 is 2.74 bits per heavy atom. The van der Waals surface area contributed by atoms with E-state index in [4.69, 9.17) is 9.15 Å². The number of H-pyrrole nitrogens is 1. The number of esters is 1. The van der Waals surface area contributed by atoms with Crippen LogP contribution in [-0.2, 0) is 9.53 Å². The lowest BCUT2D eigenvalue weighted by atomic mass is 9.96. The predicted octanol–water partition coefficient (Wildman–Crippen LogP) is 3.70. The molecular weight excluding hydrogens is 592 g/mol. The fraction of sp³-hybridized carbons (Fsp3) is 0.192. The summed E-state index contributed by atoms with van der Waals surface area (Å²) in [7, 11) is 0. The highest BCUT2D eigenvalue weighted by atomic mass is 79.9. The normalized spacial score (nSPS) is 15.4. The molecule has 0 spiro atoms. The molecule has 0 aliphatic carbocycles. The summed E-state index contributed by atoms with van der Waals surface area (Å²) in [6.07, 6.45) is 1.64. The average molecular weight is 614 g/mol. The van der Waals surface area contributed by atoms with Crippen LogP contribution in [0.2, 0.25) is 0 Å². The third-order valence-corrected chi connectivity index (χ3v) is 8.33. The first-order valence-corrected chi connectivity index (χ1v) is 14.0. The quantitative estimate of drug-likeness (QED) is 0.260. The standard InChI is InChI=1S/C26H21BrN4O5S2/c1-4-35-23(34)20-14(3)29-26-31(21(20)15-8-6-5-7-9-15)22(33)18(37-26)12-16-11-17(27)24(36-16)38-25-28-13(2)10-19(32)30-25/h5-12,21H,4H2,1-3H3,(H,28,30,32)/b18-12+/t21-/m1/s1. The zero-order valence-electron chi connectivity index (χ0n) is 20.5.